The van der Waals surface area contributed by atoms with Crippen molar-refractivity contribution in [2.24, 2.45) is 11.8 Å². The third kappa shape index (κ3) is 4.71. The van der Waals surface area contributed by atoms with Crippen LogP contribution in [0.5, 0.6) is 0 Å². The normalized spacial score (nSPS) is 24.7. The molecular formula is C34H28O3S2. The van der Waals surface area contributed by atoms with Gasteiger partial charge in [0, 0.05) is 38.6 Å². The standard InChI is InChI=1S/C34H28O3S2/c35-32(23-12-4-1-5-13-23)29-26(27-18-10-20-38-27)22-34(37,25-16-8-3-9-17-25)31(30(29)28-19-11-21-39-28)33(36)24-14-6-2-7-15-24/h1-21,26,29-31,37H,22H2. The lowest BCUT2D eigenvalue weighted by atomic mass is 9.54. The molecule has 0 spiro atoms. The zero-order chi connectivity index (χ0) is 26.8. The average Bonchev–Trinajstić information content (AvgIpc) is 3.73. The molecule has 1 saturated carbocycles. The molecule has 0 radical (unpaired) electrons. The van der Waals surface area contributed by atoms with Crippen LogP contribution in [0.25, 0.3) is 0 Å². The lowest BCUT2D eigenvalue weighted by Crippen LogP contribution is -2.53. The van der Waals surface area contributed by atoms with Gasteiger partial charge in [0.05, 0.1) is 5.92 Å². The zero-order valence-electron chi connectivity index (χ0n) is 21.2. The Morgan fingerprint density at radius 1 is 0.641 bits per heavy atom. The Morgan fingerprint density at radius 2 is 1.15 bits per heavy atom. The molecule has 3 aromatic carbocycles. The first-order valence-electron chi connectivity index (χ1n) is 13.1. The van der Waals surface area contributed by atoms with E-state index in [-0.39, 0.29) is 23.9 Å². The number of rotatable bonds is 7. The van der Waals surface area contributed by atoms with E-state index in [2.05, 4.69) is 6.07 Å². The second-order valence-electron chi connectivity index (χ2n) is 10.1. The SMILES string of the molecule is O=C(c1ccccc1)C1C(c2cccs2)CC(O)(c2ccccc2)C(C(=O)c2ccccc2)C1c1cccs1. The Balaban J connectivity index is 1.62. The van der Waals surface area contributed by atoms with Crippen molar-refractivity contribution in [2.45, 2.75) is 23.9 Å². The third-order valence-electron chi connectivity index (χ3n) is 7.98. The summed E-state index contributed by atoms with van der Waals surface area (Å²) in [7, 11) is 0. The number of Topliss-reactive ketones (excluding diaryl/α,β-unsaturated/α-hetero) is 2. The van der Waals surface area contributed by atoms with Gasteiger partial charge in [0.25, 0.3) is 0 Å². The van der Waals surface area contributed by atoms with E-state index in [1.807, 2.05) is 108 Å². The second-order valence-corrected chi connectivity index (χ2v) is 12.1. The van der Waals surface area contributed by atoms with Crippen molar-refractivity contribution in [3.8, 4) is 0 Å². The summed E-state index contributed by atoms with van der Waals surface area (Å²) >= 11 is 3.15. The van der Waals surface area contributed by atoms with Crippen molar-refractivity contribution in [3.63, 3.8) is 0 Å². The van der Waals surface area contributed by atoms with Gasteiger partial charge in [-0.2, -0.15) is 0 Å². The molecule has 2 aromatic heterocycles. The summed E-state index contributed by atoms with van der Waals surface area (Å²) in [6.45, 7) is 0. The van der Waals surface area contributed by atoms with E-state index in [4.69, 9.17) is 0 Å². The summed E-state index contributed by atoms with van der Waals surface area (Å²) in [5.41, 5.74) is 0.388. The van der Waals surface area contributed by atoms with Crippen molar-refractivity contribution in [2.75, 3.05) is 0 Å². The van der Waals surface area contributed by atoms with Crippen LogP contribution < -0.4 is 0 Å². The van der Waals surface area contributed by atoms with Crippen molar-refractivity contribution < 1.29 is 14.7 Å². The molecule has 1 aliphatic carbocycles. The Labute approximate surface area is 236 Å². The molecule has 0 amide bonds. The Hall–Kier alpha value is -3.64. The molecule has 5 aromatic rings. The van der Waals surface area contributed by atoms with E-state index in [1.165, 1.54) is 0 Å². The highest BCUT2D eigenvalue weighted by Crippen LogP contribution is 2.59. The fraction of sp³-hybridized carbons (Fsp3) is 0.176. The van der Waals surface area contributed by atoms with Gasteiger partial charge in [-0.05, 0) is 34.9 Å². The lowest BCUT2D eigenvalue weighted by molar-refractivity contribution is -0.0681. The molecule has 1 N–H and O–H groups in total. The highest BCUT2D eigenvalue weighted by atomic mass is 32.1. The maximum atomic E-state index is 14.5. The summed E-state index contributed by atoms with van der Waals surface area (Å²) in [5, 5.41) is 16.8. The highest BCUT2D eigenvalue weighted by Gasteiger charge is 2.59. The topological polar surface area (TPSA) is 54.4 Å². The van der Waals surface area contributed by atoms with E-state index in [0.717, 1.165) is 9.75 Å². The molecule has 5 unspecified atom stereocenters. The predicted octanol–water partition coefficient (Wildman–Crippen LogP) is 7.97. The number of thiophene rings is 2. The molecule has 3 nitrogen and oxygen atoms in total. The van der Waals surface area contributed by atoms with Gasteiger partial charge in [0.15, 0.2) is 11.6 Å². The molecule has 1 fully saturated rings. The van der Waals surface area contributed by atoms with Gasteiger partial charge in [0.2, 0.25) is 0 Å². The fourth-order valence-electron chi connectivity index (χ4n) is 6.27. The minimum atomic E-state index is -1.48. The number of carbonyl (C=O) groups is 2. The Bertz CT molecular complexity index is 1530. The molecule has 0 aliphatic heterocycles. The number of hydrogen-bond donors (Lipinski definition) is 1. The first kappa shape index (κ1) is 25.6. The van der Waals surface area contributed by atoms with Gasteiger partial charge in [-0.15, -0.1) is 22.7 Å². The second kappa shape index (κ2) is 10.9. The molecule has 0 bridgehead atoms. The first-order valence-corrected chi connectivity index (χ1v) is 14.9. The van der Waals surface area contributed by atoms with Crippen molar-refractivity contribution in [3.05, 3.63) is 152 Å². The Kier molecular flexibility index (Phi) is 7.13. The first-order chi connectivity index (χ1) is 19.1. The summed E-state index contributed by atoms with van der Waals surface area (Å²) in [4.78, 5) is 31.0. The maximum absolute atomic E-state index is 14.5. The van der Waals surface area contributed by atoms with Crippen LogP contribution in [0.15, 0.2) is 126 Å². The number of aliphatic hydroxyl groups is 1. The van der Waals surface area contributed by atoms with Gasteiger partial charge >= 0.3 is 0 Å². The number of hydrogen-bond acceptors (Lipinski definition) is 5. The van der Waals surface area contributed by atoms with Crippen LogP contribution in [0.1, 0.15) is 54.3 Å². The molecule has 5 atom stereocenters. The smallest absolute Gasteiger partial charge is 0.169 e. The van der Waals surface area contributed by atoms with Crippen LogP contribution in [-0.2, 0) is 5.60 Å². The third-order valence-corrected chi connectivity index (χ3v) is 9.96. The molecule has 0 saturated heterocycles. The van der Waals surface area contributed by atoms with Crippen LogP contribution in [0.2, 0.25) is 0 Å². The summed E-state index contributed by atoms with van der Waals surface area (Å²) in [6.07, 6.45) is 0.270. The highest BCUT2D eigenvalue weighted by molar-refractivity contribution is 7.10. The van der Waals surface area contributed by atoms with E-state index in [9.17, 15) is 14.7 Å². The summed E-state index contributed by atoms with van der Waals surface area (Å²) in [5.74, 6) is -2.29. The van der Waals surface area contributed by atoms with Gasteiger partial charge < -0.3 is 5.11 Å². The molecule has 6 rings (SSSR count). The number of benzene rings is 3. The molecule has 39 heavy (non-hydrogen) atoms. The van der Waals surface area contributed by atoms with Crippen molar-refractivity contribution in [1.29, 1.82) is 0 Å². The minimum Gasteiger partial charge on any atom is -0.384 e. The van der Waals surface area contributed by atoms with E-state index in [0.29, 0.717) is 16.7 Å². The van der Waals surface area contributed by atoms with Gasteiger partial charge in [-0.25, -0.2) is 0 Å². The largest absolute Gasteiger partial charge is 0.384 e. The van der Waals surface area contributed by atoms with E-state index in [1.54, 1.807) is 34.8 Å². The van der Waals surface area contributed by atoms with Crippen LogP contribution >= 0.6 is 22.7 Å². The van der Waals surface area contributed by atoms with Crippen molar-refractivity contribution in [1.82, 2.24) is 0 Å². The van der Waals surface area contributed by atoms with Crippen LogP contribution in [0.4, 0.5) is 0 Å². The van der Waals surface area contributed by atoms with Gasteiger partial charge in [-0.1, -0.05) is 103 Å². The van der Waals surface area contributed by atoms with Crippen molar-refractivity contribution >= 4 is 34.2 Å². The lowest BCUT2D eigenvalue weighted by Gasteiger charge is -2.50. The average molecular weight is 549 g/mol. The minimum absolute atomic E-state index is 0.00775. The zero-order valence-corrected chi connectivity index (χ0v) is 22.9. The van der Waals surface area contributed by atoms with Gasteiger partial charge in [-0.3, -0.25) is 9.59 Å². The van der Waals surface area contributed by atoms with Crippen LogP contribution in [0, 0.1) is 11.8 Å². The molecule has 194 valence electrons. The summed E-state index contributed by atoms with van der Waals surface area (Å²) in [6, 6.07) is 36.1. The van der Waals surface area contributed by atoms with E-state index >= 15 is 0 Å². The maximum Gasteiger partial charge on any atom is 0.169 e. The van der Waals surface area contributed by atoms with Crippen LogP contribution in [-0.4, -0.2) is 16.7 Å². The monoisotopic (exact) mass is 548 g/mol. The van der Waals surface area contributed by atoms with Gasteiger partial charge in [0.1, 0.15) is 5.60 Å². The quantitative estimate of drug-likeness (QED) is 0.210. The molecule has 2 heterocycles. The summed E-state index contributed by atoms with van der Waals surface area (Å²) < 4.78 is 0. The fourth-order valence-corrected chi connectivity index (χ4v) is 8.06. The number of ketones is 2. The molecule has 1 aliphatic rings. The molecule has 5 heteroatoms. The predicted molar refractivity (Wildman–Crippen MR) is 158 cm³/mol. The Morgan fingerprint density at radius 3 is 1.69 bits per heavy atom. The van der Waals surface area contributed by atoms with Crippen LogP contribution in [0.3, 0.4) is 0 Å². The van der Waals surface area contributed by atoms with E-state index < -0.39 is 23.4 Å². The molecular weight excluding hydrogens is 521 g/mol. The number of carbonyl (C=O) groups excluding carboxylic acids is 2.